The van der Waals surface area contributed by atoms with Gasteiger partial charge in [0.15, 0.2) is 0 Å². The SMILES string of the molecule is O=C(C1CCOCC1)N1C[C@H]2CCC[C@@]2(COc2cccnc2)C1.O=C(O)C(F)(F)F. The van der Waals surface area contributed by atoms with Gasteiger partial charge in [0.1, 0.15) is 5.75 Å². The molecule has 4 rings (SSSR count). The summed E-state index contributed by atoms with van der Waals surface area (Å²) >= 11 is 0. The first-order valence-corrected chi connectivity index (χ1v) is 10.4. The zero-order valence-electron chi connectivity index (χ0n) is 17.1. The molecule has 0 radical (unpaired) electrons. The Labute approximate surface area is 178 Å². The van der Waals surface area contributed by atoms with Crippen LogP contribution in [0, 0.1) is 17.3 Å². The molecule has 10 heteroatoms. The molecule has 0 bridgehead atoms. The number of rotatable bonds is 4. The van der Waals surface area contributed by atoms with Crippen molar-refractivity contribution in [1.29, 1.82) is 0 Å². The number of likely N-dealkylation sites (tertiary alicyclic amines) is 1. The minimum Gasteiger partial charge on any atom is -0.491 e. The molecule has 0 unspecified atom stereocenters. The van der Waals surface area contributed by atoms with Gasteiger partial charge in [-0.2, -0.15) is 13.2 Å². The Kier molecular flexibility index (Phi) is 7.40. The number of hydrogen-bond acceptors (Lipinski definition) is 5. The number of aromatic nitrogens is 1. The van der Waals surface area contributed by atoms with E-state index in [2.05, 4.69) is 9.88 Å². The molecular formula is C21H27F3N2O5. The second-order valence-electron chi connectivity index (χ2n) is 8.34. The summed E-state index contributed by atoms with van der Waals surface area (Å²) in [6.07, 6.45) is 3.82. The molecule has 2 saturated heterocycles. The predicted octanol–water partition coefficient (Wildman–Crippen LogP) is 3.15. The second kappa shape index (κ2) is 9.84. The third-order valence-corrected chi connectivity index (χ3v) is 6.33. The number of ether oxygens (including phenoxy) is 2. The van der Waals surface area contributed by atoms with Crippen molar-refractivity contribution in [3.63, 3.8) is 0 Å². The first-order valence-electron chi connectivity index (χ1n) is 10.4. The Morgan fingerprint density at radius 1 is 1.29 bits per heavy atom. The maximum absolute atomic E-state index is 12.9. The summed E-state index contributed by atoms with van der Waals surface area (Å²) in [5.41, 5.74) is 0.136. The summed E-state index contributed by atoms with van der Waals surface area (Å²) in [5.74, 6) is -0.848. The van der Waals surface area contributed by atoms with Crippen molar-refractivity contribution in [3.05, 3.63) is 24.5 Å². The Bertz CT molecular complexity index is 755. The predicted molar refractivity (Wildman–Crippen MR) is 103 cm³/mol. The summed E-state index contributed by atoms with van der Waals surface area (Å²) in [6.45, 7) is 3.91. The van der Waals surface area contributed by atoms with E-state index in [4.69, 9.17) is 19.4 Å². The Morgan fingerprint density at radius 2 is 2.00 bits per heavy atom. The van der Waals surface area contributed by atoms with Crippen LogP contribution in [0.15, 0.2) is 24.5 Å². The lowest BCUT2D eigenvalue weighted by Gasteiger charge is -2.30. The molecule has 0 spiro atoms. The molecule has 3 aliphatic rings. The fourth-order valence-corrected chi connectivity index (χ4v) is 4.68. The second-order valence-corrected chi connectivity index (χ2v) is 8.34. The Hall–Kier alpha value is -2.36. The number of carboxylic acid groups (broad SMARTS) is 1. The van der Waals surface area contributed by atoms with E-state index < -0.39 is 12.1 Å². The van der Waals surface area contributed by atoms with Crippen LogP contribution in [-0.4, -0.2) is 66.0 Å². The highest BCUT2D eigenvalue weighted by atomic mass is 19.4. The molecule has 2 aliphatic heterocycles. The average Bonchev–Trinajstić information content (AvgIpc) is 3.30. The van der Waals surface area contributed by atoms with Gasteiger partial charge in [0.05, 0.1) is 12.8 Å². The normalized spacial score (nSPS) is 26.0. The van der Waals surface area contributed by atoms with E-state index in [1.807, 2.05) is 12.1 Å². The van der Waals surface area contributed by atoms with E-state index in [-0.39, 0.29) is 11.3 Å². The van der Waals surface area contributed by atoms with E-state index in [9.17, 15) is 18.0 Å². The monoisotopic (exact) mass is 444 g/mol. The van der Waals surface area contributed by atoms with Gasteiger partial charge >= 0.3 is 12.1 Å². The topological polar surface area (TPSA) is 89.0 Å². The number of hydrogen-bond donors (Lipinski definition) is 1. The number of nitrogens with zero attached hydrogens (tertiary/aromatic N) is 2. The third-order valence-electron chi connectivity index (χ3n) is 6.33. The van der Waals surface area contributed by atoms with Gasteiger partial charge in [-0.25, -0.2) is 4.79 Å². The zero-order valence-corrected chi connectivity index (χ0v) is 17.1. The molecule has 1 saturated carbocycles. The minimum atomic E-state index is -5.08. The van der Waals surface area contributed by atoms with Crippen molar-refractivity contribution in [2.45, 2.75) is 38.3 Å². The summed E-state index contributed by atoms with van der Waals surface area (Å²) < 4.78 is 43.2. The molecule has 1 N–H and O–H groups in total. The highest BCUT2D eigenvalue weighted by molar-refractivity contribution is 5.79. The molecule has 7 nitrogen and oxygen atoms in total. The van der Waals surface area contributed by atoms with Crippen LogP contribution in [0.5, 0.6) is 5.75 Å². The van der Waals surface area contributed by atoms with E-state index in [1.165, 1.54) is 12.8 Å². The van der Waals surface area contributed by atoms with E-state index in [0.717, 1.165) is 51.3 Å². The van der Waals surface area contributed by atoms with Crippen LogP contribution in [-0.2, 0) is 14.3 Å². The van der Waals surface area contributed by atoms with E-state index in [1.54, 1.807) is 12.4 Å². The lowest BCUT2D eigenvalue weighted by Crippen LogP contribution is -2.39. The fourth-order valence-electron chi connectivity index (χ4n) is 4.68. The first-order chi connectivity index (χ1) is 14.7. The molecule has 1 aromatic rings. The number of alkyl halides is 3. The Balaban J connectivity index is 0.000000339. The van der Waals surface area contributed by atoms with Gasteiger partial charge in [-0.15, -0.1) is 0 Å². The van der Waals surface area contributed by atoms with Crippen LogP contribution < -0.4 is 4.74 Å². The molecule has 0 aromatic carbocycles. The minimum absolute atomic E-state index is 0.136. The van der Waals surface area contributed by atoms with Crippen molar-refractivity contribution in [1.82, 2.24) is 9.88 Å². The molecular weight excluding hydrogens is 417 g/mol. The van der Waals surface area contributed by atoms with Crippen LogP contribution >= 0.6 is 0 Å². The number of carbonyl (C=O) groups excluding carboxylic acids is 1. The van der Waals surface area contributed by atoms with Crippen LogP contribution in [0.4, 0.5) is 13.2 Å². The summed E-state index contributed by atoms with van der Waals surface area (Å²) in [5, 5.41) is 7.12. The van der Waals surface area contributed by atoms with Crippen molar-refractivity contribution in [3.8, 4) is 5.75 Å². The molecule has 1 amide bonds. The van der Waals surface area contributed by atoms with Crippen molar-refractivity contribution >= 4 is 11.9 Å². The quantitative estimate of drug-likeness (QED) is 0.768. The van der Waals surface area contributed by atoms with Crippen LogP contribution in [0.25, 0.3) is 0 Å². The van der Waals surface area contributed by atoms with Crippen LogP contribution in [0.2, 0.25) is 0 Å². The number of carboxylic acids is 1. The van der Waals surface area contributed by atoms with Crippen LogP contribution in [0.1, 0.15) is 32.1 Å². The van der Waals surface area contributed by atoms with Gasteiger partial charge < -0.3 is 19.5 Å². The van der Waals surface area contributed by atoms with Gasteiger partial charge in [0.25, 0.3) is 0 Å². The number of fused-ring (bicyclic) bond motifs is 1. The standard InChI is InChI=1S/C19H26N2O3.C2HF3O2/c22-18(15-5-9-23-10-6-15)21-12-16-3-1-7-19(16,13-21)14-24-17-4-2-8-20-11-17;3-2(4,5)1(6)7/h2,4,8,11,15-16H,1,3,5-7,9-10,12-14H2;(H,6,7)/t16-,19+;/m1./s1. The molecule has 1 aliphatic carbocycles. The maximum atomic E-state index is 12.9. The summed E-state index contributed by atoms with van der Waals surface area (Å²) in [7, 11) is 0. The van der Waals surface area contributed by atoms with Crippen LogP contribution in [0.3, 0.4) is 0 Å². The summed E-state index contributed by atoms with van der Waals surface area (Å²) in [4.78, 5) is 28.0. The van der Waals surface area contributed by atoms with Gasteiger partial charge in [-0.3, -0.25) is 9.78 Å². The molecule has 3 heterocycles. The van der Waals surface area contributed by atoms with Gasteiger partial charge in [0, 0.05) is 43.8 Å². The number of carbonyl (C=O) groups is 2. The lowest BCUT2D eigenvalue weighted by molar-refractivity contribution is -0.192. The number of halogens is 3. The average molecular weight is 444 g/mol. The highest BCUT2D eigenvalue weighted by Crippen LogP contribution is 2.49. The molecule has 31 heavy (non-hydrogen) atoms. The molecule has 1 aromatic heterocycles. The van der Waals surface area contributed by atoms with Crippen molar-refractivity contribution < 1.29 is 37.3 Å². The molecule has 3 fully saturated rings. The molecule has 172 valence electrons. The van der Waals surface area contributed by atoms with E-state index in [0.29, 0.717) is 18.4 Å². The van der Waals surface area contributed by atoms with Crippen molar-refractivity contribution in [2.24, 2.45) is 17.3 Å². The number of aliphatic carboxylic acids is 1. The Morgan fingerprint density at radius 3 is 2.61 bits per heavy atom. The third kappa shape index (κ3) is 5.87. The zero-order chi connectivity index (χ0) is 22.5. The number of amides is 1. The lowest BCUT2D eigenvalue weighted by atomic mass is 9.81. The smallest absolute Gasteiger partial charge is 0.490 e. The highest BCUT2D eigenvalue weighted by Gasteiger charge is 2.51. The van der Waals surface area contributed by atoms with Crippen molar-refractivity contribution in [2.75, 3.05) is 32.9 Å². The largest absolute Gasteiger partial charge is 0.491 e. The number of pyridine rings is 1. The van der Waals surface area contributed by atoms with E-state index >= 15 is 0 Å². The van der Waals surface area contributed by atoms with Gasteiger partial charge in [-0.05, 0) is 43.7 Å². The van der Waals surface area contributed by atoms with Gasteiger partial charge in [0.2, 0.25) is 5.91 Å². The maximum Gasteiger partial charge on any atom is 0.490 e. The summed E-state index contributed by atoms with van der Waals surface area (Å²) in [6, 6.07) is 3.85. The first kappa shape index (κ1) is 23.3. The van der Waals surface area contributed by atoms with Gasteiger partial charge in [-0.1, -0.05) is 6.42 Å². The molecule has 2 atom stereocenters. The fraction of sp³-hybridized carbons (Fsp3) is 0.667.